The number of pyridine rings is 2. The number of ether oxygens (including phenoxy) is 1. The van der Waals surface area contributed by atoms with E-state index in [0.717, 1.165) is 0 Å². The van der Waals surface area contributed by atoms with Crippen LogP contribution in [-0.2, 0) is 4.74 Å². The zero-order valence-corrected chi connectivity index (χ0v) is 12.4. The first-order chi connectivity index (χ1) is 11.1. The molecule has 2 heterocycles. The van der Waals surface area contributed by atoms with Gasteiger partial charge in [0.1, 0.15) is 11.9 Å². The fraction of sp³-hybridized carbons (Fsp3) is 0.118. The van der Waals surface area contributed by atoms with E-state index in [1.807, 2.05) is 6.07 Å². The average molecular weight is 307 g/mol. The second-order valence-corrected chi connectivity index (χ2v) is 4.94. The van der Waals surface area contributed by atoms with Gasteiger partial charge in [-0.3, -0.25) is 9.20 Å². The van der Waals surface area contributed by atoms with Crippen LogP contribution in [0.5, 0.6) is 0 Å². The molecule has 2 aromatic heterocycles. The molecule has 0 saturated heterocycles. The first kappa shape index (κ1) is 14.6. The van der Waals surface area contributed by atoms with Gasteiger partial charge in [-0.15, -0.1) is 0 Å². The van der Waals surface area contributed by atoms with Gasteiger partial charge >= 0.3 is 5.97 Å². The minimum absolute atomic E-state index is 0.139. The number of anilines is 1. The molecule has 1 aromatic carbocycles. The molecular weight excluding hydrogens is 294 g/mol. The van der Waals surface area contributed by atoms with Gasteiger partial charge in [-0.25, -0.2) is 4.79 Å². The van der Waals surface area contributed by atoms with Crippen LogP contribution < -0.4 is 11.2 Å². The van der Waals surface area contributed by atoms with Gasteiger partial charge in [0.2, 0.25) is 0 Å². The van der Waals surface area contributed by atoms with Crippen molar-refractivity contribution in [2.75, 3.05) is 12.3 Å². The molecule has 114 valence electrons. The first-order valence-corrected chi connectivity index (χ1v) is 7.02. The summed E-state index contributed by atoms with van der Waals surface area (Å²) >= 11 is 0. The van der Waals surface area contributed by atoms with Crippen LogP contribution in [0.15, 0.2) is 41.2 Å². The van der Waals surface area contributed by atoms with Gasteiger partial charge in [-0.1, -0.05) is 12.1 Å². The molecule has 0 amide bonds. The molecule has 0 saturated carbocycles. The van der Waals surface area contributed by atoms with Gasteiger partial charge < -0.3 is 10.5 Å². The molecule has 0 spiro atoms. The van der Waals surface area contributed by atoms with Crippen molar-refractivity contribution in [2.45, 2.75) is 6.92 Å². The Morgan fingerprint density at radius 3 is 2.74 bits per heavy atom. The lowest BCUT2D eigenvalue weighted by molar-refractivity contribution is 0.0528. The fourth-order valence-corrected chi connectivity index (χ4v) is 2.61. The van der Waals surface area contributed by atoms with Crippen LogP contribution in [0.25, 0.3) is 16.4 Å². The zero-order valence-electron chi connectivity index (χ0n) is 12.4. The third kappa shape index (κ3) is 2.19. The summed E-state index contributed by atoms with van der Waals surface area (Å²) in [5, 5.41) is 9.74. The predicted molar refractivity (Wildman–Crippen MR) is 86.3 cm³/mol. The van der Waals surface area contributed by atoms with E-state index in [9.17, 15) is 14.9 Å². The van der Waals surface area contributed by atoms with E-state index in [1.54, 1.807) is 35.6 Å². The summed E-state index contributed by atoms with van der Waals surface area (Å²) in [5.41, 5.74) is 7.00. The van der Waals surface area contributed by atoms with Crippen molar-refractivity contribution in [1.29, 1.82) is 5.26 Å². The molecule has 3 rings (SSSR count). The summed E-state index contributed by atoms with van der Waals surface area (Å²) in [5.74, 6) is -0.428. The Bertz CT molecular complexity index is 1040. The molecule has 6 nitrogen and oxygen atoms in total. The number of nitrogens with two attached hydrogens (primary N) is 1. The summed E-state index contributed by atoms with van der Waals surface area (Å²) in [6.45, 7) is 1.87. The Kier molecular flexibility index (Phi) is 3.47. The van der Waals surface area contributed by atoms with Crippen LogP contribution in [-0.4, -0.2) is 17.0 Å². The maximum atomic E-state index is 12.3. The molecule has 0 radical (unpaired) electrons. The lowest BCUT2D eigenvalue weighted by Crippen LogP contribution is -2.15. The SMILES string of the molecule is CCOC(=O)c1cc(C#N)c(N)n2c1cc(=O)c1ccccc12. The van der Waals surface area contributed by atoms with Crippen molar-refractivity contribution >= 4 is 28.2 Å². The highest BCUT2D eigenvalue weighted by atomic mass is 16.5. The molecule has 0 aliphatic rings. The molecule has 0 bridgehead atoms. The number of esters is 1. The van der Waals surface area contributed by atoms with Gasteiger partial charge in [0.25, 0.3) is 0 Å². The number of carbonyl (C=O) groups is 1. The third-order valence-corrected chi connectivity index (χ3v) is 3.62. The number of nitriles is 1. The van der Waals surface area contributed by atoms with Crippen LogP contribution in [0.3, 0.4) is 0 Å². The number of rotatable bonds is 2. The highest BCUT2D eigenvalue weighted by Gasteiger charge is 2.18. The summed E-state index contributed by atoms with van der Waals surface area (Å²) in [4.78, 5) is 24.5. The zero-order chi connectivity index (χ0) is 16.6. The number of para-hydroxylation sites is 1. The number of carbonyl (C=O) groups excluding carboxylic acids is 1. The predicted octanol–water partition coefficient (Wildman–Crippen LogP) is 2.08. The van der Waals surface area contributed by atoms with Crippen molar-refractivity contribution in [3.8, 4) is 6.07 Å². The molecule has 0 fully saturated rings. The average Bonchev–Trinajstić information content (AvgIpc) is 2.55. The monoisotopic (exact) mass is 307 g/mol. The molecule has 3 aromatic rings. The molecule has 0 aliphatic carbocycles. The van der Waals surface area contributed by atoms with Crippen molar-refractivity contribution in [1.82, 2.24) is 4.40 Å². The lowest BCUT2D eigenvalue weighted by atomic mass is 10.1. The van der Waals surface area contributed by atoms with Crippen LogP contribution in [0, 0.1) is 11.3 Å². The van der Waals surface area contributed by atoms with Crippen molar-refractivity contribution < 1.29 is 9.53 Å². The Morgan fingerprint density at radius 1 is 1.30 bits per heavy atom. The lowest BCUT2D eigenvalue weighted by Gasteiger charge is -2.14. The largest absolute Gasteiger partial charge is 0.462 e. The second kappa shape index (κ2) is 5.46. The molecule has 0 unspecified atom stereocenters. The van der Waals surface area contributed by atoms with Gasteiger partial charge in [-0.2, -0.15) is 5.26 Å². The molecule has 2 N–H and O–H groups in total. The quantitative estimate of drug-likeness (QED) is 0.577. The molecular formula is C17H13N3O3. The number of hydrogen-bond donors (Lipinski definition) is 1. The normalized spacial score (nSPS) is 10.6. The number of aromatic nitrogens is 1. The van der Waals surface area contributed by atoms with Crippen LogP contribution in [0.2, 0.25) is 0 Å². The summed E-state index contributed by atoms with van der Waals surface area (Å²) in [6.07, 6.45) is 0. The van der Waals surface area contributed by atoms with Crippen LogP contribution in [0.1, 0.15) is 22.8 Å². The maximum absolute atomic E-state index is 12.3. The number of hydrogen-bond acceptors (Lipinski definition) is 5. The Hall–Kier alpha value is -3.33. The number of benzene rings is 1. The highest BCUT2D eigenvalue weighted by molar-refractivity contribution is 6.00. The standard InChI is InChI=1S/C17H13N3O3/c1-2-23-17(22)12-7-10(9-18)16(19)20-13-6-4-3-5-11(13)15(21)8-14(12)20/h3-8H,2,19H2,1H3. The minimum atomic E-state index is -0.601. The highest BCUT2D eigenvalue weighted by Crippen LogP contribution is 2.24. The van der Waals surface area contributed by atoms with Gasteiger partial charge in [0, 0.05) is 11.5 Å². The van der Waals surface area contributed by atoms with E-state index in [4.69, 9.17) is 10.5 Å². The second-order valence-electron chi connectivity index (χ2n) is 4.94. The number of nitrogen functional groups attached to an aromatic ring is 1. The third-order valence-electron chi connectivity index (χ3n) is 3.62. The summed E-state index contributed by atoms with van der Waals surface area (Å²) in [6, 6.07) is 11.6. The van der Waals surface area contributed by atoms with E-state index in [1.165, 1.54) is 12.1 Å². The van der Waals surface area contributed by atoms with Gasteiger partial charge in [-0.05, 0) is 25.1 Å². The van der Waals surface area contributed by atoms with Gasteiger partial charge in [0.15, 0.2) is 5.43 Å². The summed E-state index contributed by atoms with van der Waals surface area (Å²) < 4.78 is 6.57. The molecule has 0 atom stereocenters. The molecule has 23 heavy (non-hydrogen) atoms. The first-order valence-electron chi connectivity index (χ1n) is 7.02. The Balaban J connectivity index is 2.57. The molecule has 6 heteroatoms. The van der Waals surface area contributed by atoms with Gasteiger partial charge in [0.05, 0.1) is 28.8 Å². The van der Waals surface area contributed by atoms with E-state index < -0.39 is 5.97 Å². The van der Waals surface area contributed by atoms with Crippen LogP contribution in [0.4, 0.5) is 5.82 Å². The van der Waals surface area contributed by atoms with Crippen molar-refractivity contribution in [3.63, 3.8) is 0 Å². The topological polar surface area (TPSA) is 97.6 Å². The Morgan fingerprint density at radius 2 is 2.04 bits per heavy atom. The smallest absolute Gasteiger partial charge is 0.340 e. The van der Waals surface area contributed by atoms with Crippen molar-refractivity contribution in [3.05, 3.63) is 57.7 Å². The maximum Gasteiger partial charge on any atom is 0.340 e. The van der Waals surface area contributed by atoms with Crippen LogP contribution >= 0.6 is 0 Å². The van der Waals surface area contributed by atoms with E-state index in [-0.39, 0.29) is 29.0 Å². The minimum Gasteiger partial charge on any atom is -0.462 e. The summed E-state index contributed by atoms with van der Waals surface area (Å²) in [7, 11) is 0. The number of fused-ring (bicyclic) bond motifs is 3. The fourth-order valence-electron chi connectivity index (χ4n) is 2.61. The van der Waals surface area contributed by atoms with Crippen molar-refractivity contribution in [2.24, 2.45) is 0 Å². The van der Waals surface area contributed by atoms with E-state index in [0.29, 0.717) is 16.4 Å². The molecule has 0 aliphatic heterocycles. The van der Waals surface area contributed by atoms with E-state index >= 15 is 0 Å². The van der Waals surface area contributed by atoms with E-state index in [2.05, 4.69) is 0 Å². The Labute approximate surface area is 131 Å². The number of nitrogens with zero attached hydrogens (tertiary/aromatic N) is 2.